The molecule has 0 amide bonds. The first kappa shape index (κ1) is 11.2. The van der Waals surface area contributed by atoms with Crippen LogP contribution in [-0.2, 0) is 4.57 Å². The molecule has 5 heteroatoms. The highest BCUT2D eigenvalue weighted by Crippen LogP contribution is 2.26. The summed E-state index contributed by atoms with van der Waals surface area (Å²) in [6, 6.07) is 9.49. The van der Waals surface area contributed by atoms with Gasteiger partial charge in [-0.1, -0.05) is 18.2 Å². The molecule has 0 spiro atoms. The summed E-state index contributed by atoms with van der Waals surface area (Å²) in [4.78, 5) is 15.3. The normalized spacial score (nSPS) is 9.92. The maximum Gasteiger partial charge on any atom is 0.322 e. The molecule has 1 aromatic carbocycles. The van der Waals surface area contributed by atoms with E-state index in [-0.39, 0.29) is 0 Å². The van der Waals surface area contributed by atoms with Crippen LogP contribution in [0.4, 0.5) is 5.69 Å². The van der Waals surface area contributed by atoms with Crippen LogP contribution in [0.3, 0.4) is 0 Å². The fraction of sp³-hybridized carbons (Fsp3) is 0.143. The smallest absolute Gasteiger partial charge is 0.322 e. The number of hydrogen-bond donors (Lipinski definition) is 3. The van der Waals surface area contributed by atoms with Crippen molar-refractivity contribution in [2.24, 2.45) is 0 Å². The predicted molar refractivity (Wildman–Crippen MR) is 48.8 cm³/mol. The van der Waals surface area contributed by atoms with E-state index in [4.69, 9.17) is 15.5 Å². The van der Waals surface area contributed by atoms with Crippen molar-refractivity contribution >= 4 is 13.3 Å². The van der Waals surface area contributed by atoms with Crippen molar-refractivity contribution in [3.05, 3.63) is 30.3 Å². The van der Waals surface area contributed by atoms with E-state index in [1.807, 2.05) is 30.3 Å². The van der Waals surface area contributed by atoms with Crippen LogP contribution in [0.2, 0.25) is 0 Å². The molecule has 0 atom stereocenters. The zero-order valence-corrected chi connectivity index (χ0v) is 7.61. The first-order valence-corrected chi connectivity index (χ1v) is 5.29. The summed E-state index contributed by atoms with van der Waals surface area (Å²) in [6.45, 7) is 0.854. The highest BCUT2D eigenvalue weighted by atomic mass is 31.2. The number of anilines is 1. The Morgan fingerprint density at radius 1 is 1.25 bits per heavy atom. The van der Waals surface area contributed by atoms with E-state index in [2.05, 4.69) is 0 Å². The van der Waals surface area contributed by atoms with E-state index >= 15 is 0 Å². The molecule has 0 heterocycles. The molecule has 0 radical (unpaired) electrons. The van der Waals surface area contributed by atoms with E-state index in [1.54, 1.807) is 0 Å². The zero-order valence-electron chi connectivity index (χ0n) is 6.71. The number of hydrogen-bond acceptors (Lipinski definition) is 2. The lowest BCUT2D eigenvalue weighted by Crippen LogP contribution is -1.79. The van der Waals surface area contributed by atoms with Gasteiger partial charge < -0.3 is 15.5 Å². The lowest BCUT2D eigenvalue weighted by Gasteiger charge is -1.84. The molecule has 1 rings (SSSR count). The van der Waals surface area contributed by atoms with Gasteiger partial charge in [-0.3, -0.25) is 4.57 Å². The third kappa shape index (κ3) is 11.9. The van der Waals surface area contributed by atoms with Crippen molar-refractivity contribution in [1.29, 1.82) is 0 Å². The number of nitrogen functional groups attached to an aromatic ring is 1. The Labute approximate surface area is 71.2 Å². The molecular formula is C7H12NO3P. The van der Waals surface area contributed by atoms with Gasteiger partial charge in [0.2, 0.25) is 0 Å². The van der Waals surface area contributed by atoms with Crippen molar-refractivity contribution < 1.29 is 14.4 Å². The third-order valence-corrected chi connectivity index (χ3v) is 0.800. The third-order valence-electron chi connectivity index (χ3n) is 0.800. The second-order valence-corrected chi connectivity index (χ2v) is 3.92. The van der Waals surface area contributed by atoms with Crippen LogP contribution in [0, 0.1) is 0 Å². The van der Waals surface area contributed by atoms with Crippen LogP contribution in [-0.4, -0.2) is 16.5 Å². The highest BCUT2D eigenvalue weighted by molar-refractivity contribution is 7.50. The molecule has 0 saturated carbocycles. The summed E-state index contributed by atoms with van der Waals surface area (Å²) in [5.41, 5.74) is 6.18. The summed E-state index contributed by atoms with van der Waals surface area (Å²) in [7, 11) is -3.64. The van der Waals surface area contributed by atoms with E-state index in [0.717, 1.165) is 12.4 Å². The quantitative estimate of drug-likeness (QED) is 0.421. The van der Waals surface area contributed by atoms with Gasteiger partial charge in [-0.2, -0.15) is 0 Å². The molecular weight excluding hydrogens is 177 g/mol. The molecule has 4 N–H and O–H groups in total. The number of benzene rings is 1. The molecule has 12 heavy (non-hydrogen) atoms. The SMILES string of the molecule is CP(=O)(O)O.Nc1ccccc1. The van der Waals surface area contributed by atoms with Gasteiger partial charge in [0.15, 0.2) is 0 Å². The average Bonchev–Trinajstić information content (AvgIpc) is 1.85. The van der Waals surface area contributed by atoms with Crippen molar-refractivity contribution in [3.8, 4) is 0 Å². The Balaban J connectivity index is 0.000000217. The van der Waals surface area contributed by atoms with Crippen LogP contribution in [0.25, 0.3) is 0 Å². The molecule has 1 aromatic rings. The van der Waals surface area contributed by atoms with Crippen LogP contribution in [0.15, 0.2) is 30.3 Å². The maximum absolute atomic E-state index is 9.33. The molecule has 0 fully saturated rings. The lowest BCUT2D eigenvalue weighted by atomic mass is 10.3. The topological polar surface area (TPSA) is 83.5 Å². The van der Waals surface area contributed by atoms with E-state index in [1.165, 1.54) is 0 Å². The van der Waals surface area contributed by atoms with Gasteiger partial charge in [0.25, 0.3) is 0 Å². The number of rotatable bonds is 0. The summed E-state index contributed by atoms with van der Waals surface area (Å²) in [6.07, 6.45) is 0. The number of para-hydroxylation sites is 1. The summed E-state index contributed by atoms with van der Waals surface area (Å²) < 4.78 is 9.33. The summed E-state index contributed by atoms with van der Waals surface area (Å²) >= 11 is 0. The molecule has 0 bridgehead atoms. The van der Waals surface area contributed by atoms with Gasteiger partial charge in [0.05, 0.1) is 0 Å². The standard InChI is InChI=1S/C6H7N.CH5O3P/c7-6-4-2-1-3-5-6;1-5(2,3)4/h1-5H,7H2;1H3,(H2,2,3,4). The molecule has 0 aliphatic carbocycles. The van der Waals surface area contributed by atoms with Crippen molar-refractivity contribution in [2.45, 2.75) is 0 Å². The molecule has 0 aliphatic heterocycles. The fourth-order valence-electron chi connectivity index (χ4n) is 0.453. The number of nitrogens with two attached hydrogens (primary N) is 1. The Morgan fingerprint density at radius 2 is 1.58 bits per heavy atom. The average molecular weight is 189 g/mol. The molecule has 4 nitrogen and oxygen atoms in total. The van der Waals surface area contributed by atoms with Crippen LogP contribution in [0.1, 0.15) is 0 Å². The minimum atomic E-state index is -3.64. The summed E-state index contributed by atoms with van der Waals surface area (Å²) in [5, 5.41) is 0. The van der Waals surface area contributed by atoms with Gasteiger partial charge in [-0.05, 0) is 12.1 Å². The molecule has 0 aromatic heterocycles. The highest BCUT2D eigenvalue weighted by Gasteiger charge is 1.95. The molecule has 68 valence electrons. The fourth-order valence-corrected chi connectivity index (χ4v) is 0.453. The van der Waals surface area contributed by atoms with Crippen molar-refractivity contribution in [1.82, 2.24) is 0 Å². The molecule has 0 aliphatic rings. The Kier molecular flexibility index (Phi) is 4.59. The van der Waals surface area contributed by atoms with Gasteiger partial charge in [-0.25, -0.2) is 0 Å². The van der Waals surface area contributed by atoms with Gasteiger partial charge in [-0.15, -0.1) is 0 Å². The maximum atomic E-state index is 9.33. The van der Waals surface area contributed by atoms with E-state index in [9.17, 15) is 4.57 Å². The lowest BCUT2D eigenvalue weighted by molar-refractivity contribution is 0.381. The van der Waals surface area contributed by atoms with E-state index < -0.39 is 7.60 Å². The Hall–Kier alpha value is -0.830. The van der Waals surface area contributed by atoms with Gasteiger partial charge in [0.1, 0.15) is 0 Å². The molecule has 0 unspecified atom stereocenters. The first-order chi connectivity index (χ1) is 5.39. The minimum Gasteiger partial charge on any atom is -0.399 e. The van der Waals surface area contributed by atoms with Crippen LogP contribution in [0.5, 0.6) is 0 Å². The van der Waals surface area contributed by atoms with Gasteiger partial charge in [0, 0.05) is 12.4 Å². The Bertz CT molecular complexity index is 248. The largest absolute Gasteiger partial charge is 0.399 e. The van der Waals surface area contributed by atoms with E-state index in [0.29, 0.717) is 0 Å². The van der Waals surface area contributed by atoms with Crippen molar-refractivity contribution in [3.63, 3.8) is 0 Å². The first-order valence-electron chi connectivity index (χ1n) is 3.23. The zero-order chi connectivity index (χ0) is 9.61. The second-order valence-electron chi connectivity index (χ2n) is 2.25. The monoisotopic (exact) mass is 189 g/mol. The van der Waals surface area contributed by atoms with Crippen LogP contribution >= 0.6 is 7.60 Å². The van der Waals surface area contributed by atoms with Crippen molar-refractivity contribution in [2.75, 3.05) is 12.4 Å². The van der Waals surface area contributed by atoms with Gasteiger partial charge >= 0.3 is 7.60 Å². The predicted octanol–water partition coefficient (Wildman–Crippen LogP) is 1.06. The minimum absolute atomic E-state index is 0.822. The van der Waals surface area contributed by atoms with Crippen LogP contribution < -0.4 is 5.73 Å². The second kappa shape index (κ2) is 4.93. The molecule has 0 saturated heterocycles. The summed E-state index contributed by atoms with van der Waals surface area (Å²) in [5.74, 6) is 0. The Morgan fingerprint density at radius 3 is 1.75 bits per heavy atom.